The molecule has 0 aliphatic carbocycles. The zero-order valence-electron chi connectivity index (χ0n) is 12.1. The minimum atomic E-state index is -0.329. The maximum absolute atomic E-state index is 12.8. The van der Waals surface area contributed by atoms with Gasteiger partial charge in [-0.1, -0.05) is 0 Å². The molecule has 0 atom stereocenters. The fourth-order valence-corrected chi connectivity index (χ4v) is 2.80. The van der Waals surface area contributed by atoms with Gasteiger partial charge >= 0.3 is 0 Å². The second-order valence-corrected chi connectivity index (χ2v) is 5.89. The Labute approximate surface area is 135 Å². The van der Waals surface area contributed by atoms with Crippen molar-refractivity contribution in [2.24, 2.45) is 0 Å². The lowest BCUT2D eigenvalue weighted by molar-refractivity contribution is -0.123. The molecule has 0 spiro atoms. The van der Waals surface area contributed by atoms with E-state index in [0.29, 0.717) is 29.5 Å². The van der Waals surface area contributed by atoms with Crippen molar-refractivity contribution >= 4 is 23.2 Å². The highest BCUT2D eigenvalue weighted by Crippen LogP contribution is 2.17. The van der Waals surface area contributed by atoms with Gasteiger partial charge in [0.1, 0.15) is 28.9 Å². The Morgan fingerprint density at radius 2 is 2.17 bits per heavy atom. The molecule has 8 heteroatoms. The van der Waals surface area contributed by atoms with Crippen LogP contribution < -0.4 is 10.1 Å². The molecule has 23 heavy (non-hydrogen) atoms. The highest BCUT2D eigenvalue weighted by molar-refractivity contribution is 7.09. The lowest BCUT2D eigenvalue weighted by Crippen LogP contribution is -2.50. The van der Waals surface area contributed by atoms with Crippen molar-refractivity contribution in [2.75, 3.05) is 19.6 Å². The maximum Gasteiger partial charge on any atom is 0.273 e. The molecule has 0 unspecified atom stereocenters. The number of piperazine rings is 1. The molecule has 2 heterocycles. The minimum absolute atomic E-state index is 0.0533. The normalized spacial score (nSPS) is 14.5. The van der Waals surface area contributed by atoms with Crippen LogP contribution in [0, 0.1) is 5.82 Å². The zero-order chi connectivity index (χ0) is 16.2. The van der Waals surface area contributed by atoms with Gasteiger partial charge in [-0.15, -0.1) is 11.3 Å². The van der Waals surface area contributed by atoms with Gasteiger partial charge in [0.25, 0.3) is 5.91 Å². The van der Waals surface area contributed by atoms with E-state index in [1.165, 1.54) is 40.5 Å². The number of aromatic nitrogens is 1. The van der Waals surface area contributed by atoms with Gasteiger partial charge in [-0.3, -0.25) is 9.59 Å². The van der Waals surface area contributed by atoms with Crippen molar-refractivity contribution in [2.45, 2.75) is 6.61 Å². The van der Waals surface area contributed by atoms with Crippen molar-refractivity contribution in [3.05, 3.63) is 46.2 Å². The van der Waals surface area contributed by atoms with Crippen LogP contribution in [0.4, 0.5) is 4.39 Å². The molecule has 0 bridgehead atoms. The van der Waals surface area contributed by atoms with Crippen LogP contribution in [0.1, 0.15) is 15.5 Å². The number of hydrogen-bond donors (Lipinski definition) is 1. The van der Waals surface area contributed by atoms with E-state index in [1.54, 1.807) is 5.38 Å². The van der Waals surface area contributed by atoms with Crippen molar-refractivity contribution in [3.8, 4) is 5.75 Å². The van der Waals surface area contributed by atoms with Gasteiger partial charge in [0.05, 0.1) is 6.54 Å². The number of nitrogens with zero attached hydrogens (tertiary/aromatic N) is 2. The van der Waals surface area contributed by atoms with Crippen LogP contribution in [-0.4, -0.2) is 41.3 Å². The first-order valence-electron chi connectivity index (χ1n) is 7.00. The molecule has 2 amide bonds. The number of carbonyl (C=O) groups is 2. The van der Waals surface area contributed by atoms with Crippen LogP contribution >= 0.6 is 11.3 Å². The van der Waals surface area contributed by atoms with E-state index in [4.69, 9.17) is 4.74 Å². The summed E-state index contributed by atoms with van der Waals surface area (Å²) in [4.78, 5) is 29.3. The summed E-state index contributed by atoms with van der Waals surface area (Å²) in [5, 5.41) is 4.96. The lowest BCUT2D eigenvalue weighted by atomic mass is 10.3. The van der Waals surface area contributed by atoms with E-state index < -0.39 is 0 Å². The summed E-state index contributed by atoms with van der Waals surface area (Å²) < 4.78 is 18.3. The van der Waals surface area contributed by atoms with Crippen LogP contribution in [0.15, 0.2) is 29.6 Å². The number of benzene rings is 1. The third-order valence-corrected chi connectivity index (χ3v) is 4.09. The Balaban J connectivity index is 1.60. The van der Waals surface area contributed by atoms with Crippen molar-refractivity contribution < 1.29 is 18.7 Å². The monoisotopic (exact) mass is 335 g/mol. The number of rotatable bonds is 4. The number of carbonyl (C=O) groups excluding carboxylic acids is 2. The second kappa shape index (κ2) is 6.74. The number of thiazole rings is 1. The SMILES string of the molecule is O=C1CN(C(=O)c2csc(COc3ccc(F)cc3)n2)CCN1. The molecule has 3 rings (SSSR count). The molecular formula is C15H14FN3O3S. The Morgan fingerprint density at radius 3 is 2.91 bits per heavy atom. The molecule has 6 nitrogen and oxygen atoms in total. The summed E-state index contributed by atoms with van der Waals surface area (Å²) >= 11 is 1.31. The Hall–Kier alpha value is -2.48. The molecule has 1 aromatic heterocycles. The zero-order valence-corrected chi connectivity index (χ0v) is 12.9. The first kappa shape index (κ1) is 15.4. The topological polar surface area (TPSA) is 71.5 Å². The molecule has 120 valence electrons. The predicted molar refractivity (Wildman–Crippen MR) is 81.8 cm³/mol. The molecule has 1 aliphatic rings. The van der Waals surface area contributed by atoms with Gasteiger partial charge in [0, 0.05) is 18.5 Å². The summed E-state index contributed by atoms with van der Waals surface area (Å²) in [6, 6.07) is 5.68. The summed E-state index contributed by atoms with van der Waals surface area (Å²) in [5.74, 6) is -0.226. The van der Waals surface area contributed by atoms with Gasteiger partial charge in [-0.2, -0.15) is 0 Å². The van der Waals surface area contributed by atoms with E-state index in [0.717, 1.165) is 0 Å². The third kappa shape index (κ3) is 3.84. The lowest BCUT2D eigenvalue weighted by Gasteiger charge is -2.25. The van der Waals surface area contributed by atoms with E-state index in [-0.39, 0.29) is 30.8 Å². The number of ether oxygens (including phenoxy) is 1. The highest BCUT2D eigenvalue weighted by atomic mass is 32.1. The van der Waals surface area contributed by atoms with Crippen LogP contribution in [-0.2, 0) is 11.4 Å². The van der Waals surface area contributed by atoms with Crippen LogP contribution in [0.3, 0.4) is 0 Å². The predicted octanol–water partition coefficient (Wildman–Crippen LogP) is 1.43. The fraction of sp³-hybridized carbons (Fsp3) is 0.267. The van der Waals surface area contributed by atoms with Gasteiger partial charge < -0.3 is 15.0 Å². The van der Waals surface area contributed by atoms with Crippen molar-refractivity contribution in [1.82, 2.24) is 15.2 Å². The van der Waals surface area contributed by atoms with Gasteiger partial charge in [-0.05, 0) is 24.3 Å². The Bertz CT molecular complexity index is 717. The van der Waals surface area contributed by atoms with Gasteiger partial charge in [-0.25, -0.2) is 9.37 Å². The standard InChI is InChI=1S/C15H14FN3O3S/c16-10-1-3-11(4-2-10)22-8-14-18-12(9-23-14)15(21)19-6-5-17-13(20)7-19/h1-4,9H,5-8H2,(H,17,20). The van der Waals surface area contributed by atoms with Gasteiger partial charge in [0.2, 0.25) is 5.91 Å². The van der Waals surface area contributed by atoms with E-state index in [2.05, 4.69) is 10.3 Å². The molecule has 1 saturated heterocycles. The molecule has 1 fully saturated rings. The smallest absolute Gasteiger partial charge is 0.273 e. The number of halogens is 1. The second-order valence-electron chi connectivity index (χ2n) is 4.95. The summed E-state index contributed by atoms with van der Waals surface area (Å²) in [7, 11) is 0. The van der Waals surface area contributed by atoms with E-state index in [9.17, 15) is 14.0 Å². The van der Waals surface area contributed by atoms with E-state index in [1.807, 2.05) is 0 Å². The summed E-state index contributed by atoms with van der Waals surface area (Å²) in [6.07, 6.45) is 0. The summed E-state index contributed by atoms with van der Waals surface area (Å²) in [6.45, 7) is 1.18. The van der Waals surface area contributed by atoms with Crippen LogP contribution in [0.2, 0.25) is 0 Å². The van der Waals surface area contributed by atoms with E-state index >= 15 is 0 Å². The average Bonchev–Trinajstić information content (AvgIpc) is 3.02. The molecule has 1 N–H and O–H groups in total. The molecule has 1 aromatic carbocycles. The average molecular weight is 335 g/mol. The number of hydrogen-bond acceptors (Lipinski definition) is 5. The quantitative estimate of drug-likeness (QED) is 0.918. The largest absolute Gasteiger partial charge is 0.486 e. The van der Waals surface area contributed by atoms with Crippen LogP contribution in [0.25, 0.3) is 0 Å². The first-order chi connectivity index (χ1) is 11.1. The Morgan fingerprint density at radius 1 is 1.39 bits per heavy atom. The number of nitrogens with one attached hydrogen (secondary N) is 1. The molecular weight excluding hydrogens is 321 g/mol. The van der Waals surface area contributed by atoms with Crippen molar-refractivity contribution in [3.63, 3.8) is 0 Å². The maximum atomic E-state index is 12.8. The highest BCUT2D eigenvalue weighted by Gasteiger charge is 2.24. The molecule has 1 aliphatic heterocycles. The molecule has 2 aromatic rings. The molecule has 0 radical (unpaired) electrons. The van der Waals surface area contributed by atoms with Crippen molar-refractivity contribution in [1.29, 1.82) is 0 Å². The molecule has 0 saturated carbocycles. The third-order valence-electron chi connectivity index (χ3n) is 3.27. The fourth-order valence-electron chi connectivity index (χ4n) is 2.13. The number of amides is 2. The first-order valence-corrected chi connectivity index (χ1v) is 7.88. The van der Waals surface area contributed by atoms with Crippen LogP contribution in [0.5, 0.6) is 5.75 Å². The van der Waals surface area contributed by atoms with Gasteiger partial charge in [0.15, 0.2) is 0 Å². The summed E-state index contributed by atoms with van der Waals surface area (Å²) in [5.41, 5.74) is 0.308. The Kier molecular flexibility index (Phi) is 4.52. The minimum Gasteiger partial charge on any atom is -0.486 e.